The van der Waals surface area contributed by atoms with E-state index in [1.165, 1.54) is 18.2 Å². The molecule has 0 aliphatic rings. The Kier molecular flexibility index (Phi) is 9.65. The average Bonchev–Trinajstić information content (AvgIpc) is 2.87. The average molecular weight is 518 g/mol. The van der Waals surface area contributed by atoms with Crippen molar-refractivity contribution < 1.29 is 36.9 Å². The molecule has 0 fully saturated rings. The van der Waals surface area contributed by atoms with E-state index in [9.17, 15) is 27.5 Å². The number of aryl methyl sites for hydroxylation is 1. The van der Waals surface area contributed by atoms with Gasteiger partial charge in [-0.1, -0.05) is 25.1 Å². The molecule has 2 aromatic carbocycles. The van der Waals surface area contributed by atoms with Gasteiger partial charge in [0, 0.05) is 23.9 Å². The molecular weight excluding hydrogens is 490 g/mol. The van der Waals surface area contributed by atoms with Gasteiger partial charge in [-0.25, -0.2) is 9.18 Å². The standard InChI is InChI=1S/C28H27F4NO4/c1-2-19-7-11-23(33-18-19)15-16-36-25-14-10-22(29)17-20(25)5-3-4-6-26(27(34)35)37-24-12-8-21(9-13-24)28(30,31)32/h3,5,7-14,17-18,26H,2,4,6,15-16H2,1H3,(H,34,35). The summed E-state index contributed by atoms with van der Waals surface area (Å²) in [6, 6.07) is 11.9. The molecule has 1 heterocycles. The molecule has 37 heavy (non-hydrogen) atoms. The lowest BCUT2D eigenvalue weighted by molar-refractivity contribution is -0.145. The highest BCUT2D eigenvalue weighted by Crippen LogP contribution is 2.30. The van der Waals surface area contributed by atoms with Crippen LogP contribution in [0.3, 0.4) is 0 Å². The van der Waals surface area contributed by atoms with Gasteiger partial charge in [0.1, 0.15) is 17.3 Å². The zero-order chi connectivity index (χ0) is 26.8. The van der Waals surface area contributed by atoms with Crippen LogP contribution in [0.4, 0.5) is 17.6 Å². The summed E-state index contributed by atoms with van der Waals surface area (Å²) in [5.41, 5.74) is 1.66. The maximum Gasteiger partial charge on any atom is 0.416 e. The quantitative estimate of drug-likeness (QED) is 0.269. The topological polar surface area (TPSA) is 68.7 Å². The lowest BCUT2D eigenvalue weighted by atomic mass is 10.1. The van der Waals surface area contributed by atoms with E-state index in [0.29, 0.717) is 24.3 Å². The van der Waals surface area contributed by atoms with E-state index in [1.54, 1.807) is 12.2 Å². The Bertz CT molecular complexity index is 1190. The predicted octanol–water partition coefficient (Wildman–Crippen LogP) is 6.75. The van der Waals surface area contributed by atoms with E-state index in [4.69, 9.17) is 9.47 Å². The normalized spacial score (nSPS) is 12.5. The Morgan fingerprint density at radius 3 is 2.49 bits per heavy atom. The number of carboxylic acid groups (broad SMARTS) is 1. The zero-order valence-electron chi connectivity index (χ0n) is 20.2. The highest BCUT2D eigenvalue weighted by molar-refractivity contribution is 5.72. The molecule has 3 aromatic rings. The number of aromatic nitrogens is 1. The lowest BCUT2D eigenvalue weighted by Gasteiger charge is -2.15. The number of benzene rings is 2. The maximum absolute atomic E-state index is 13.8. The summed E-state index contributed by atoms with van der Waals surface area (Å²) in [6.45, 7) is 2.39. The number of aliphatic carboxylic acids is 1. The van der Waals surface area contributed by atoms with E-state index in [1.807, 2.05) is 18.3 Å². The Hall–Kier alpha value is -3.88. The molecule has 3 rings (SSSR count). The van der Waals surface area contributed by atoms with Crippen LogP contribution in [0.25, 0.3) is 6.08 Å². The van der Waals surface area contributed by atoms with Crippen molar-refractivity contribution in [2.75, 3.05) is 6.61 Å². The molecule has 0 aliphatic carbocycles. The van der Waals surface area contributed by atoms with Crippen LogP contribution in [-0.4, -0.2) is 28.8 Å². The molecule has 0 radical (unpaired) electrons. The van der Waals surface area contributed by atoms with Crippen molar-refractivity contribution in [1.82, 2.24) is 4.98 Å². The smallest absolute Gasteiger partial charge is 0.416 e. The van der Waals surface area contributed by atoms with Crippen molar-refractivity contribution in [2.24, 2.45) is 0 Å². The minimum atomic E-state index is -4.49. The number of nitrogens with zero attached hydrogens (tertiary/aromatic N) is 1. The van der Waals surface area contributed by atoms with Gasteiger partial charge in [0.05, 0.1) is 12.2 Å². The third-order valence-corrected chi connectivity index (χ3v) is 5.51. The predicted molar refractivity (Wildman–Crippen MR) is 131 cm³/mol. The molecule has 9 heteroatoms. The second-order valence-electron chi connectivity index (χ2n) is 8.24. The van der Waals surface area contributed by atoms with Crippen molar-refractivity contribution in [3.63, 3.8) is 0 Å². The first-order valence-electron chi connectivity index (χ1n) is 11.7. The first-order chi connectivity index (χ1) is 17.7. The van der Waals surface area contributed by atoms with Crippen molar-refractivity contribution in [3.05, 3.63) is 95.1 Å². The summed E-state index contributed by atoms with van der Waals surface area (Å²) in [6.07, 6.45) is 1.16. The van der Waals surface area contributed by atoms with Crippen LogP contribution >= 0.6 is 0 Å². The van der Waals surface area contributed by atoms with Gasteiger partial charge in [0.2, 0.25) is 0 Å². The van der Waals surface area contributed by atoms with Crippen LogP contribution in [0.5, 0.6) is 11.5 Å². The van der Waals surface area contributed by atoms with E-state index in [2.05, 4.69) is 11.9 Å². The number of carbonyl (C=O) groups is 1. The van der Waals surface area contributed by atoms with Crippen LogP contribution in [0.15, 0.2) is 66.9 Å². The second-order valence-corrected chi connectivity index (χ2v) is 8.24. The van der Waals surface area contributed by atoms with Gasteiger partial charge in [-0.15, -0.1) is 0 Å². The second kappa shape index (κ2) is 12.9. The summed E-state index contributed by atoms with van der Waals surface area (Å²) < 4.78 is 63.1. The molecule has 196 valence electrons. The fourth-order valence-electron chi connectivity index (χ4n) is 3.44. The Morgan fingerprint density at radius 2 is 1.86 bits per heavy atom. The van der Waals surface area contributed by atoms with Crippen LogP contribution in [0.2, 0.25) is 0 Å². The summed E-state index contributed by atoms with van der Waals surface area (Å²) in [4.78, 5) is 15.9. The van der Waals surface area contributed by atoms with Crippen LogP contribution in [-0.2, 0) is 23.8 Å². The fraction of sp³-hybridized carbons (Fsp3) is 0.286. The summed E-state index contributed by atoms with van der Waals surface area (Å²) in [7, 11) is 0. The maximum atomic E-state index is 13.8. The molecule has 0 amide bonds. The third-order valence-electron chi connectivity index (χ3n) is 5.51. The molecule has 1 N–H and O–H groups in total. The number of carboxylic acids is 1. The molecule has 1 aromatic heterocycles. The number of alkyl halides is 3. The van der Waals surface area contributed by atoms with Gasteiger partial charge in [-0.05, 0) is 73.4 Å². The number of pyridine rings is 1. The van der Waals surface area contributed by atoms with Gasteiger partial charge >= 0.3 is 12.1 Å². The summed E-state index contributed by atoms with van der Waals surface area (Å²) in [5.74, 6) is -1.20. The van der Waals surface area contributed by atoms with Gasteiger partial charge in [-0.2, -0.15) is 13.2 Å². The molecule has 1 atom stereocenters. The van der Waals surface area contributed by atoms with Crippen molar-refractivity contribution in [1.29, 1.82) is 0 Å². The number of rotatable bonds is 12. The Balaban J connectivity index is 1.56. The Morgan fingerprint density at radius 1 is 1.11 bits per heavy atom. The Labute approximate surface area is 212 Å². The van der Waals surface area contributed by atoms with Crippen molar-refractivity contribution >= 4 is 12.0 Å². The number of hydrogen-bond donors (Lipinski definition) is 1. The van der Waals surface area contributed by atoms with E-state index >= 15 is 0 Å². The minimum Gasteiger partial charge on any atom is -0.493 e. The van der Waals surface area contributed by atoms with E-state index < -0.39 is 29.6 Å². The van der Waals surface area contributed by atoms with Gasteiger partial charge in [0.15, 0.2) is 6.10 Å². The highest BCUT2D eigenvalue weighted by atomic mass is 19.4. The minimum absolute atomic E-state index is 0.0176. The third kappa shape index (κ3) is 8.63. The number of allylic oxidation sites excluding steroid dienone is 1. The summed E-state index contributed by atoms with van der Waals surface area (Å²) >= 11 is 0. The van der Waals surface area contributed by atoms with E-state index in [-0.39, 0.29) is 18.6 Å². The first kappa shape index (κ1) is 27.7. The van der Waals surface area contributed by atoms with Crippen LogP contribution in [0.1, 0.15) is 42.1 Å². The number of hydrogen-bond acceptors (Lipinski definition) is 4. The monoisotopic (exact) mass is 517 g/mol. The zero-order valence-corrected chi connectivity index (χ0v) is 20.2. The number of ether oxygens (including phenoxy) is 2. The largest absolute Gasteiger partial charge is 0.493 e. The van der Waals surface area contributed by atoms with Gasteiger partial charge in [-0.3, -0.25) is 4.98 Å². The molecule has 0 spiro atoms. The first-order valence-corrected chi connectivity index (χ1v) is 11.7. The molecule has 0 saturated heterocycles. The molecule has 0 bridgehead atoms. The fourth-order valence-corrected chi connectivity index (χ4v) is 3.44. The van der Waals surface area contributed by atoms with Gasteiger partial charge < -0.3 is 14.6 Å². The molecule has 0 saturated carbocycles. The van der Waals surface area contributed by atoms with Crippen LogP contribution in [0, 0.1) is 5.82 Å². The number of halogens is 4. The van der Waals surface area contributed by atoms with Crippen molar-refractivity contribution in [2.45, 2.75) is 44.9 Å². The van der Waals surface area contributed by atoms with Crippen molar-refractivity contribution in [3.8, 4) is 11.5 Å². The molecule has 1 unspecified atom stereocenters. The SMILES string of the molecule is CCc1ccc(CCOc2ccc(F)cc2C=CCCC(Oc2ccc(C(F)(F)F)cc2)C(=O)O)nc1. The van der Waals surface area contributed by atoms with E-state index in [0.717, 1.165) is 41.9 Å². The lowest BCUT2D eigenvalue weighted by Crippen LogP contribution is -2.26. The highest BCUT2D eigenvalue weighted by Gasteiger charge is 2.30. The van der Waals surface area contributed by atoms with Gasteiger partial charge in [0.25, 0.3) is 0 Å². The molecule has 5 nitrogen and oxygen atoms in total. The van der Waals surface area contributed by atoms with Crippen LogP contribution < -0.4 is 9.47 Å². The summed E-state index contributed by atoms with van der Waals surface area (Å²) in [5, 5.41) is 9.43. The molecule has 0 aliphatic heterocycles. The molecular formula is C28H27F4NO4.